The molecule has 0 heterocycles. The lowest BCUT2D eigenvalue weighted by atomic mass is 9.92. The molecule has 0 saturated carbocycles. The monoisotopic (exact) mass is 353 g/mol. The van der Waals surface area contributed by atoms with Crippen molar-refractivity contribution in [2.75, 3.05) is 19.8 Å². The largest absolute Gasteiger partial charge is 0.492 e. The molecule has 1 aliphatic rings. The molecule has 2 aromatic rings. The molecule has 1 N–H and O–H groups in total. The first-order valence-corrected chi connectivity index (χ1v) is 9.47. The Morgan fingerprint density at radius 2 is 1.69 bits per heavy atom. The summed E-state index contributed by atoms with van der Waals surface area (Å²) in [6.45, 7) is 3.06. The molecule has 0 radical (unpaired) electrons. The van der Waals surface area contributed by atoms with Gasteiger partial charge in [0, 0.05) is 0 Å². The Hall–Kier alpha value is -2.49. The smallest absolute Gasteiger partial charge is 0.258 e. The number of hydrogen-bond acceptors (Lipinski definition) is 3. The fraction of sp³-hybridized carbons (Fsp3) is 0.409. The minimum absolute atomic E-state index is 0.0317. The normalized spacial score (nSPS) is 13.0. The highest BCUT2D eigenvalue weighted by Gasteiger charge is 2.10. The average molecular weight is 353 g/mol. The number of rotatable bonds is 8. The van der Waals surface area contributed by atoms with Crippen LogP contribution in [-0.2, 0) is 24.1 Å². The molecule has 2 aromatic carbocycles. The Balaban J connectivity index is 1.35. The standard InChI is InChI=1S/C22H27NO3/c1-2-17-7-10-20(11-8-17)25-14-13-23-22(24)16-26-21-12-9-18-5-3-4-6-19(18)15-21/h7-12,15H,2-6,13-14,16H2,1H3,(H,23,24). The number of ether oxygens (including phenoxy) is 2. The molecule has 0 unspecified atom stereocenters. The van der Waals surface area contributed by atoms with E-state index in [-0.39, 0.29) is 12.5 Å². The average Bonchev–Trinajstić information content (AvgIpc) is 2.70. The zero-order valence-electron chi connectivity index (χ0n) is 15.4. The molecular formula is C22H27NO3. The first-order chi connectivity index (χ1) is 12.7. The van der Waals surface area contributed by atoms with E-state index < -0.39 is 0 Å². The summed E-state index contributed by atoms with van der Waals surface area (Å²) in [5.74, 6) is 1.46. The Kier molecular flexibility index (Phi) is 6.53. The maximum atomic E-state index is 11.9. The van der Waals surface area contributed by atoms with Crippen LogP contribution in [0.5, 0.6) is 11.5 Å². The van der Waals surface area contributed by atoms with Crippen LogP contribution in [0.25, 0.3) is 0 Å². The van der Waals surface area contributed by atoms with Crippen LogP contribution in [0.15, 0.2) is 42.5 Å². The fourth-order valence-electron chi connectivity index (χ4n) is 3.18. The molecule has 0 bridgehead atoms. The summed E-state index contributed by atoms with van der Waals surface area (Å²) in [5.41, 5.74) is 4.05. The van der Waals surface area contributed by atoms with Gasteiger partial charge in [-0.1, -0.05) is 25.1 Å². The summed E-state index contributed by atoms with van der Waals surface area (Å²) >= 11 is 0. The highest BCUT2D eigenvalue weighted by atomic mass is 16.5. The molecule has 0 spiro atoms. The van der Waals surface area contributed by atoms with Crippen LogP contribution < -0.4 is 14.8 Å². The molecule has 26 heavy (non-hydrogen) atoms. The lowest BCUT2D eigenvalue weighted by molar-refractivity contribution is -0.123. The fourth-order valence-corrected chi connectivity index (χ4v) is 3.18. The van der Waals surface area contributed by atoms with Gasteiger partial charge in [-0.15, -0.1) is 0 Å². The SMILES string of the molecule is CCc1ccc(OCCNC(=O)COc2ccc3c(c2)CCCC3)cc1. The second kappa shape index (κ2) is 9.27. The Morgan fingerprint density at radius 1 is 0.962 bits per heavy atom. The molecule has 0 aromatic heterocycles. The zero-order valence-corrected chi connectivity index (χ0v) is 15.4. The van der Waals surface area contributed by atoms with E-state index in [1.54, 1.807) is 0 Å². The minimum atomic E-state index is -0.132. The van der Waals surface area contributed by atoms with Gasteiger partial charge in [0.1, 0.15) is 18.1 Å². The quantitative estimate of drug-likeness (QED) is 0.736. The third kappa shape index (κ3) is 5.25. The molecule has 4 heteroatoms. The Bertz CT molecular complexity index is 725. The van der Waals surface area contributed by atoms with Crippen LogP contribution in [0.4, 0.5) is 0 Å². The third-order valence-corrected chi connectivity index (χ3v) is 4.71. The number of hydrogen-bond donors (Lipinski definition) is 1. The summed E-state index contributed by atoms with van der Waals surface area (Å²) < 4.78 is 11.2. The Morgan fingerprint density at radius 3 is 2.46 bits per heavy atom. The number of benzene rings is 2. The van der Waals surface area contributed by atoms with Crippen LogP contribution in [0.2, 0.25) is 0 Å². The van der Waals surface area contributed by atoms with Crippen molar-refractivity contribution in [1.82, 2.24) is 5.32 Å². The number of carbonyl (C=O) groups excluding carboxylic acids is 1. The van der Waals surface area contributed by atoms with E-state index in [2.05, 4.69) is 36.5 Å². The molecule has 3 rings (SSSR count). The molecule has 0 saturated heterocycles. The summed E-state index contributed by atoms with van der Waals surface area (Å²) in [4.78, 5) is 11.9. The highest BCUT2D eigenvalue weighted by molar-refractivity contribution is 5.77. The highest BCUT2D eigenvalue weighted by Crippen LogP contribution is 2.25. The van der Waals surface area contributed by atoms with Crippen molar-refractivity contribution in [2.45, 2.75) is 39.0 Å². The zero-order chi connectivity index (χ0) is 18.2. The molecule has 4 nitrogen and oxygen atoms in total. The molecule has 1 aliphatic carbocycles. The summed E-state index contributed by atoms with van der Waals surface area (Å²) in [6, 6.07) is 14.2. The number of nitrogens with one attached hydrogen (secondary N) is 1. The maximum Gasteiger partial charge on any atom is 0.258 e. The van der Waals surface area contributed by atoms with Crippen molar-refractivity contribution >= 4 is 5.91 Å². The summed E-state index contributed by atoms with van der Waals surface area (Å²) in [5, 5.41) is 2.82. The van der Waals surface area contributed by atoms with Gasteiger partial charge >= 0.3 is 0 Å². The number of carbonyl (C=O) groups is 1. The van der Waals surface area contributed by atoms with Gasteiger partial charge in [0.25, 0.3) is 5.91 Å². The van der Waals surface area contributed by atoms with Crippen molar-refractivity contribution in [3.05, 3.63) is 59.2 Å². The first kappa shape index (κ1) is 18.3. The first-order valence-electron chi connectivity index (χ1n) is 9.47. The van der Waals surface area contributed by atoms with Gasteiger partial charge in [-0.3, -0.25) is 4.79 Å². The van der Waals surface area contributed by atoms with E-state index in [4.69, 9.17) is 9.47 Å². The van der Waals surface area contributed by atoms with Gasteiger partial charge < -0.3 is 14.8 Å². The van der Waals surface area contributed by atoms with Gasteiger partial charge in [0.05, 0.1) is 6.54 Å². The van der Waals surface area contributed by atoms with Gasteiger partial charge in [-0.25, -0.2) is 0 Å². The van der Waals surface area contributed by atoms with E-state index in [9.17, 15) is 4.79 Å². The van der Waals surface area contributed by atoms with Crippen molar-refractivity contribution in [3.8, 4) is 11.5 Å². The van der Waals surface area contributed by atoms with Gasteiger partial charge in [-0.05, 0) is 73.1 Å². The van der Waals surface area contributed by atoms with Crippen molar-refractivity contribution in [2.24, 2.45) is 0 Å². The number of aryl methyl sites for hydroxylation is 3. The second-order valence-electron chi connectivity index (χ2n) is 6.62. The summed E-state index contributed by atoms with van der Waals surface area (Å²) in [7, 11) is 0. The van der Waals surface area contributed by atoms with Crippen molar-refractivity contribution < 1.29 is 14.3 Å². The molecule has 0 atom stereocenters. The van der Waals surface area contributed by atoms with Crippen molar-refractivity contribution in [1.29, 1.82) is 0 Å². The predicted molar refractivity (Wildman–Crippen MR) is 103 cm³/mol. The van der Waals surface area contributed by atoms with Crippen LogP contribution in [0.1, 0.15) is 36.5 Å². The topological polar surface area (TPSA) is 47.6 Å². The van der Waals surface area contributed by atoms with Crippen LogP contribution in [-0.4, -0.2) is 25.7 Å². The maximum absolute atomic E-state index is 11.9. The van der Waals surface area contributed by atoms with E-state index in [1.165, 1.54) is 29.5 Å². The van der Waals surface area contributed by atoms with Gasteiger partial charge in [0.2, 0.25) is 0 Å². The van der Waals surface area contributed by atoms with Crippen LogP contribution >= 0.6 is 0 Å². The predicted octanol–water partition coefficient (Wildman–Crippen LogP) is 3.70. The number of amides is 1. The molecule has 138 valence electrons. The molecule has 0 aliphatic heterocycles. The minimum Gasteiger partial charge on any atom is -0.492 e. The van der Waals surface area contributed by atoms with E-state index in [1.807, 2.05) is 18.2 Å². The molecular weight excluding hydrogens is 326 g/mol. The van der Waals surface area contributed by atoms with Gasteiger partial charge in [-0.2, -0.15) is 0 Å². The lowest BCUT2D eigenvalue weighted by Gasteiger charge is -2.16. The summed E-state index contributed by atoms with van der Waals surface area (Å²) in [6.07, 6.45) is 5.77. The van der Waals surface area contributed by atoms with Crippen molar-refractivity contribution in [3.63, 3.8) is 0 Å². The molecule has 1 amide bonds. The van der Waals surface area contributed by atoms with E-state index in [0.717, 1.165) is 30.8 Å². The second-order valence-corrected chi connectivity index (χ2v) is 6.62. The van der Waals surface area contributed by atoms with Gasteiger partial charge in [0.15, 0.2) is 6.61 Å². The number of fused-ring (bicyclic) bond motifs is 1. The third-order valence-electron chi connectivity index (χ3n) is 4.71. The lowest BCUT2D eigenvalue weighted by Crippen LogP contribution is -2.32. The van der Waals surface area contributed by atoms with E-state index in [0.29, 0.717) is 13.2 Å². The van der Waals surface area contributed by atoms with E-state index >= 15 is 0 Å². The Labute approximate surface area is 155 Å². The van der Waals surface area contributed by atoms with Crippen LogP contribution in [0.3, 0.4) is 0 Å². The van der Waals surface area contributed by atoms with Crippen LogP contribution in [0, 0.1) is 0 Å². The molecule has 0 fully saturated rings.